The predicted molar refractivity (Wildman–Crippen MR) is 219 cm³/mol. The summed E-state index contributed by atoms with van der Waals surface area (Å²) in [6.07, 6.45) is 11.0. The van der Waals surface area contributed by atoms with Gasteiger partial charge in [0.05, 0.1) is 44.5 Å². The molecule has 13 nitrogen and oxygen atoms in total. The van der Waals surface area contributed by atoms with Crippen LogP contribution >= 0.6 is 11.6 Å². The molecule has 2 fully saturated rings. The van der Waals surface area contributed by atoms with Crippen LogP contribution in [0.25, 0.3) is 0 Å². The Bertz CT molecular complexity index is 2170. The largest absolute Gasteiger partial charge is 0.490 e. The van der Waals surface area contributed by atoms with E-state index in [1.54, 1.807) is 13.2 Å². The number of nitrogens with one attached hydrogen (secondary N) is 1. The van der Waals surface area contributed by atoms with E-state index in [1.165, 1.54) is 24.4 Å². The second-order valence-corrected chi connectivity index (χ2v) is 18.5. The van der Waals surface area contributed by atoms with Crippen molar-refractivity contribution in [1.29, 1.82) is 0 Å². The van der Waals surface area contributed by atoms with Crippen molar-refractivity contribution >= 4 is 45.0 Å². The lowest BCUT2D eigenvalue weighted by Crippen LogP contribution is -2.49. The summed E-state index contributed by atoms with van der Waals surface area (Å²) in [5.74, 6) is 0.0444. The molecule has 2 aromatic carbocycles. The van der Waals surface area contributed by atoms with E-state index in [1.807, 2.05) is 30.0 Å². The number of hydrogen-bond acceptors (Lipinski definition) is 11. The van der Waals surface area contributed by atoms with Crippen LogP contribution in [0, 0.1) is 17.8 Å². The van der Waals surface area contributed by atoms with Crippen molar-refractivity contribution in [3.63, 3.8) is 0 Å². The zero-order valence-corrected chi connectivity index (χ0v) is 34.4. The molecule has 4 heterocycles. The van der Waals surface area contributed by atoms with Crippen molar-refractivity contribution < 1.29 is 32.7 Å². The summed E-state index contributed by atoms with van der Waals surface area (Å²) in [5, 5.41) is 0.729. The summed E-state index contributed by atoms with van der Waals surface area (Å²) >= 11 is 6.48. The first-order valence-electron chi connectivity index (χ1n) is 19.9. The fraction of sp³-hybridized carbons (Fsp3) is 0.524. The van der Waals surface area contributed by atoms with E-state index in [4.69, 9.17) is 30.5 Å². The van der Waals surface area contributed by atoms with Gasteiger partial charge < -0.3 is 28.7 Å². The van der Waals surface area contributed by atoms with E-state index in [0.717, 1.165) is 49.4 Å². The van der Waals surface area contributed by atoms with Crippen LogP contribution in [0.15, 0.2) is 59.1 Å². The van der Waals surface area contributed by atoms with E-state index < -0.39 is 21.7 Å². The molecule has 8 rings (SSSR count). The molecule has 2 amide bonds. The third-order valence-corrected chi connectivity index (χ3v) is 14.5. The van der Waals surface area contributed by atoms with Gasteiger partial charge in [-0.2, -0.15) is 4.98 Å². The SMILES string of the molecule is COc1nc(N2CCOCC2)ncc1C(=O)NS1(=O)=NC(=O)c2ccc3c(c2)N(C[C@@H]2CC[C@H]2[C@@H](OC)/C=C\C[C@H](C)C1)C[C@@]1(CCCc2cc(Cl)ccc21)CO3. The summed E-state index contributed by atoms with van der Waals surface area (Å²) in [5.41, 5.74) is 3.26. The second-order valence-electron chi connectivity index (χ2n) is 16.1. The molecule has 1 unspecified atom stereocenters. The van der Waals surface area contributed by atoms with Crippen molar-refractivity contribution in [2.24, 2.45) is 22.1 Å². The van der Waals surface area contributed by atoms with Gasteiger partial charge in [-0.05, 0) is 97.7 Å². The van der Waals surface area contributed by atoms with Crippen LogP contribution in [0.4, 0.5) is 11.6 Å². The van der Waals surface area contributed by atoms with Gasteiger partial charge >= 0.3 is 0 Å². The molecule has 15 heteroatoms. The van der Waals surface area contributed by atoms with Crippen molar-refractivity contribution in [3.05, 3.63) is 82.0 Å². The number of fused-ring (bicyclic) bond motifs is 4. The molecule has 304 valence electrons. The van der Waals surface area contributed by atoms with E-state index >= 15 is 0 Å². The van der Waals surface area contributed by atoms with Gasteiger partial charge in [0.25, 0.3) is 11.8 Å². The van der Waals surface area contributed by atoms with Gasteiger partial charge in [-0.1, -0.05) is 36.7 Å². The molecule has 1 N–H and O–H groups in total. The monoisotopic (exact) mass is 818 g/mol. The summed E-state index contributed by atoms with van der Waals surface area (Å²) in [6, 6.07) is 11.5. The first kappa shape index (κ1) is 39.6. The molecule has 1 aromatic heterocycles. The maximum Gasteiger partial charge on any atom is 0.286 e. The average Bonchev–Trinajstić information content (AvgIpc) is 3.35. The fourth-order valence-electron chi connectivity index (χ4n) is 9.15. The molecule has 2 bridgehead atoms. The first-order valence-corrected chi connectivity index (χ1v) is 22.0. The van der Waals surface area contributed by atoms with Gasteiger partial charge in [0, 0.05) is 55.5 Å². The molecule has 6 atom stereocenters. The summed E-state index contributed by atoms with van der Waals surface area (Å²) in [4.78, 5) is 41.3. The Labute approximate surface area is 339 Å². The maximum absolute atomic E-state index is 14.8. The lowest BCUT2D eigenvalue weighted by atomic mass is 9.68. The van der Waals surface area contributed by atoms with Crippen LogP contribution in [0.1, 0.15) is 70.9 Å². The van der Waals surface area contributed by atoms with Gasteiger partial charge in [0.15, 0.2) is 0 Å². The molecule has 1 saturated carbocycles. The quantitative estimate of drug-likeness (QED) is 0.301. The number of aryl methyl sites for hydroxylation is 1. The van der Waals surface area contributed by atoms with Gasteiger partial charge in [-0.25, -0.2) is 9.19 Å². The number of nitrogens with zero attached hydrogens (tertiary/aromatic N) is 5. The maximum atomic E-state index is 14.8. The number of halogens is 1. The van der Waals surface area contributed by atoms with E-state index in [-0.39, 0.29) is 40.2 Å². The van der Waals surface area contributed by atoms with Gasteiger partial charge in [-0.3, -0.25) is 14.3 Å². The molecule has 3 aromatic rings. The topological polar surface area (TPSA) is 145 Å². The highest BCUT2D eigenvalue weighted by molar-refractivity contribution is 7.92. The van der Waals surface area contributed by atoms with Gasteiger partial charge in [0.1, 0.15) is 21.2 Å². The molecule has 0 radical (unpaired) electrons. The summed E-state index contributed by atoms with van der Waals surface area (Å²) in [7, 11) is -0.516. The molecule has 1 saturated heterocycles. The summed E-state index contributed by atoms with van der Waals surface area (Å²) in [6.45, 7) is 6.12. The Morgan fingerprint density at radius 1 is 1.11 bits per heavy atom. The summed E-state index contributed by atoms with van der Waals surface area (Å²) < 4.78 is 45.5. The second kappa shape index (κ2) is 16.6. The highest BCUT2D eigenvalue weighted by Gasteiger charge is 2.44. The fourth-order valence-corrected chi connectivity index (χ4v) is 11.2. The molecular formula is C42H51ClN6O7S. The van der Waals surface area contributed by atoms with Crippen molar-refractivity contribution in [2.45, 2.75) is 57.0 Å². The Morgan fingerprint density at radius 2 is 1.95 bits per heavy atom. The van der Waals surface area contributed by atoms with Crippen molar-refractivity contribution in [3.8, 4) is 11.6 Å². The van der Waals surface area contributed by atoms with Gasteiger partial charge in [0.2, 0.25) is 11.8 Å². The zero-order chi connectivity index (χ0) is 39.7. The highest BCUT2D eigenvalue weighted by atomic mass is 35.5. The van der Waals surface area contributed by atoms with Crippen molar-refractivity contribution in [1.82, 2.24) is 14.7 Å². The molecular weight excluding hydrogens is 768 g/mol. The standard InChI is InChI=1S/C42H51ClN6O7S/c1-27-6-4-8-36(53-2)32-12-9-30(32)23-49-25-42(15-5-7-28-20-31(43)11-13-34(28)42)26-56-37-14-10-29(21-35(37)49)38(50)46-57(52,24-27)47-39(51)33-22-44-41(45-40(33)54-3)48-16-18-55-19-17-48/h4,8,10-11,13-14,20-22,27,30,32,36H,5-7,9,12,15-19,23-26H2,1-3H3,(H,46,47,50,51,52)/b8-4-/t27-,30-,32+,36-,42-,57?/m0/s1. The normalized spacial score (nSPS) is 29.4. The highest BCUT2D eigenvalue weighted by Crippen LogP contribution is 2.47. The van der Waals surface area contributed by atoms with Gasteiger partial charge in [-0.15, -0.1) is 4.36 Å². The Morgan fingerprint density at radius 3 is 2.72 bits per heavy atom. The lowest BCUT2D eigenvalue weighted by molar-refractivity contribution is 0.0131. The van der Waals surface area contributed by atoms with Crippen LogP contribution in [-0.2, 0) is 31.2 Å². The minimum atomic E-state index is -3.68. The molecule has 3 aliphatic heterocycles. The molecule has 1 spiro atoms. The van der Waals surface area contributed by atoms with Crippen LogP contribution in [0.2, 0.25) is 5.02 Å². The number of rotatable bonds is 5. The smallest absolute Gasteiger partial charge is 0.286 e. The third kappa shape index (κ3) is 8.23. The van der Waals surface area contributed by atoms with E-state index in [9.17, 15) is 13.8 Å². The minimum Gasteiger partial charge on any atom is -0.490 e. The van der Waals surface area contributed by atoms with E-state index in [2.05, 4.69) is 48.2 Å². The average molecular weight is 819 g/mol. The lowest BCUT2D eigenvalue weighted by Gasteiger charge is -2.46. The molecule has 2 aliphatic carbocycles. The van der Waals surface area contributed by atoms with Crippen LogP contribution in [-0.4, -0.2) is 98.1 Å². The number of carbonyl (C=O) groups excluding carboxylic acids is 2. The Kier molecular flexibility index (Phi) is 11.5. The number of benzene rings is 2. The zero-order valence-electron chi connectivity index (χ0n) is 32.8. The van der Waals surface area contributed by atoms with E-state index in [0.29, 0.717) is 69.4 Å². The molecule has 5 aliphatic rings. The van der Waals surface area contributed by atoms with Crippen molar-refractivity contribution in [2.75, 3.05) is 75.8 Å². The third-order valence-electron chi connectivity index (χ3n) is 12.2. The number of allylic oxidation sites excluding steroid dienone is 1. The van der Waals surface area contributed by atoms with Crippen LogP contribution in [0.3, 0.4) is 0 Å². The number of carbonyl (C=O) groups is 2. The number of anilines is 2. The number of methoxy groups -OCH3 is 2. The number of ether oxygens (including phenoxy) is 4. The van der Waals surface area contributed by atoms with Crippen LogP contribution < -0.4 is 24.0 Å². The number of morpholine rings is 1. The predicted octanol–water partition coefficient (Wildman–Crippen LogP) is 6.04. The van der Waals surface area contributed by atoms with Crippen LogP contribution in [0.5, 0.6) is 11.6 Å². The Balaban J connectivity index is 1.16. The number of amides is 2. The number of aromatic nitrogens is 2. The minimum absolute atomic E-state index is 0.0177. The molecule has 57 heavy (non-hydrogen) atoms. The Hall–Kier alpha value is -4.24. The number of hydrogen-bond donors (Lipinski definition) is 1. The first-order chi connectivity index (χ1) is 27.6.